The van der Waals surface area contributed by atoms with Crippen LogP contribution in [0.5, 0.6) is 0 Å². The second-order valence-corrected chi connectivity index (χ2v) is 6.83. The van der Waals surface area contributed by atoms with Crippen molar-refractivity contribution >= 4 is 17.5 Å². The molecule has 0 atom stereocenters. The molecule has 0 radical (unpaired) electrons. The molecular weight excluding hydrogens is 350 g/mol. The summed E-state index contributed by atoms with van der Waals surface area (Å²) in [6.45, 7) is 6.38. The number of pyridine rings is 1. The topological polar surface area (TPSA) is 71.1 Å². The lowest BCUT2D eigenvalue weighted by Crippen LogP contribution is -2.23. The Kier molecular flexibility index (Phi) is 5.84. The minimum absolute atomic E-state index is 0.269. The van der Waals surface area contributed by atoms with Gasteiger partial charge in [-0.3, -0.25) is 14.6 Å². The summed E-state index contributed by atoms with van der Waals surface area (Å²) in [5.74, 6) is -0.566. The van der Waals surface area contributed by atoms with Crippen molar-refractivity contribution in [3.05, 3.63) is 94.3 Å². The number of hydrogen-bond donors (Lipinski definition) is 2. The molecule has 0 unspecified atom stereocenters. The quantitative estimate of drug-likeness (QED) is 0.704. The first-order valence-electron chi connectivity index (χ1n) is 9.10. The second kappa shape index (κ2) is 8.48. The van der Waals surface area contributed by atoms with E-state index < -0.39 is 0 Å². The van der Waals surface area contributed by atoms with Crippen molar-refractivity contribution < 1.29 is 9.59 Å². The molecule has 0 aliphatic heterocycles. The summed E-state index contributed by atoms with van der Waals surface area (Å²) in [4.78, 5) is 29.1. The van der Waals surface area contributed by atoms with Gasteiger partial charge in [0.25, 0.3) is 11.8 Å². The number of nitrogens with one attached hydrogen (secondary N) is 2. The predicted molar refractivity (Wildman–Crippen MR) is 110 cm³/mol. The van der Waals surface area contributed by atoms with E-state index in [0.717, 1.165) is 22.4 Å². The number of carbonyl (C=O) groups excluding carboxylic acids is 2. The maximum absolute atomic E-state index is 12.6. The minimum Gasteiger partial charge on any atom is -0.348 e. The van der Waals surface area contributed by atoms with Gasteiger partial charge in [-0.25, -0.2) is 0 Å². The maximum Gasteiger partial charge on any atom is 0.257 e. The van der Waals surface area contributed by atoms with Crippen molar-refractivity contribution in [1.82, 2.24) is 10.3 Å². The molecule has 2 amide bonds. The monoisotopic (exact) mass is 373 g/mol. The SMILES string of the molecule is Cc1ccc(CNC(=O)c2cncc(C(=O)Nc3cccc(C)c3C)c2)cc1. The Morgan fingerprint density at radius 1 is 0.893 bits per heavy atom. The fourth-order valence-electron chi connectivity index (χ4n) is 2.76. The average molecular weight is 373 g/mol. The molecule has 0 spiro atoms. The second-order valence-electron chi connectivity index (χ2n) is 6.83. The Balaban J connectivity index is 1.68. The summed E-state index contributed by atoms with van der Waals surface area (Å²) in [6, 6.07) is 15.2. The van der Waals surface area contributed by atoms with E-state index in [0.29, 0.717) is 17.7 Å². The van der Waals surface area contributed by atoms with Crippen LogP contribution < -0.4 is 10.6 Å². The fourth-order valence-corrected chi connectivity index (χ4v) is 2.76. The standard InChI is InChI=1S/C23H23N3O2/c1-15-7-9-18(10-8-15)12-25-22(27)19-11-20(14-24-13-19)23(28)26-21-6-4-5-16(2)17(21)3/h4-11,13-14H,12H2,1-3H3,(H,25,27)(H,26,28). The van der Waals surface area contributed by atoms with Gasteiger partial charge in [0.1, 0.15) is 0 Å². The first kappa shape index (κ1) is 19.3. The summed E-state index contributed by atoms with van der Waals surface area (Å²) < 4.78 is 0. The van der Waals surface area contributed by atoms with Gasteiger partial charge in [0.2, 0.25) is 0 Å². The highest BCUT2D eigenvalue weighted by Crippen LogP contribution is 2.19. The van der Waals surface area contributed by atoms with Crippen LogP contribution in [0.1, 0.15) is 43.0 Å². The lowest BCUT2D eigenvalue weighted by atomic mass is 10.1. The van der Waals surface area contributed by atoms with Crippen LogP contribution in [-0.4, -0.2) is 16.8 Å². The summed E-state index contributed by atoms with van der Waals surface area (Å²) in [5, 5.41) is 5.74. The lowest BCUT2D eigenvalue weighted by molar-refractivity contribution is 0.0950. The Bertz CT molecular complexity index is 1010. The van der Waals surface area contributed by atoms with Crippen molar-refractivity contribution in [1.29, 1.82) is 0 Å². The van der Waals surface area contributed by atoms with Gasteiger partial charge in [-0.15, -0.1) is 0 Å². The largest absolute Gasteiger partial charge is 0.348 e. The Morgan fingerprint density at radius 3 is 2.29 bits per heavy atom. The molecule has 0 aliphatic carbocycles. The molecule has 2 aromatic carbocycles. The Hall–Kier alpha value is -3.47. The number of benzene rings is 2. The van der Waals surface area contributed by atoms with E-state index >= 15 is 0 Å². The van der Waals surface area contributed by atoms with Crippen molar-refractivity contribution in [2.24, 2.45) is 0 Å². The smallest absolute Gasteiger partial charge is 0.257 e. The Morgan fingerprint density at radius 2 is 1.57 bits per heavy atom. The highest BCUT2D eigenvalue weighted by atomic mass is 16.2. The molecule has 3 aromatic rings. The number of amides is 2. The van der Waals surface area contributed by atoms with E-state index in [1.807, 2.05) is 63.2 Å². The van der Waals surface area contributed by atoms with E-state index in [-0.39, 0.29) is 11.8 Å². The molecule has 142 valence electrons. The summed E-state index contributed by atoms with van der Waals surface area (Å²) in [5.41, 5.74) is 5.72. The molecule has 0 aliphatic rings. The van der Waals surface area contributed by atoms with Gasteiger partial charge in [0.05, 0.1) is 11.1 Å². The van der Waals surface area contributed by atoms with Crippen LogP contribution in [0.4, 0.5) is 5.69 Å². The van der Waals surface area contributed by atoms with E-state index in [2.05, 4.69) is 15.6 Å². The highest BCUT2D eigenvalue weighted by molar-refractivity contribution is 6.06. The Labute approximate surface area is 164 Å². The van der Waals surface area contributed by atoms with Crippen molar-refractivity contribution in [2.75, 3.05) is 5.32 Å². The lowest BCUT2D eigenvalue weighted by Gasteiger charge is -2.11. The summed E-state index contributed by atoms with van der Waals surface area (Å²) in [7, 11) is 0. The molecule has 1 aromatic heterocycles. The predicted octanol–water partition coefficient (Wildman–Crippen LogP) is 4.19. The zero-order valence-electron chi connectivity index (χ0n) is 16.2. The molecule has 1 heterocycles. The molecule has 28 heavy (non-hydrogen) atoms. The number of carbonyl (C=O) groups is 2. The molecular formula is C23H23N3O2. The van der Waals surface area contributed by atoms with Gasteiger partial charge in [0, 0.05) is 24.6 Å². The third-order valence-corrected chi connectivity index (χ3v) is 4.69. The van der Waals surface area contributed by atoms with Gasteiger partial charge < -0.3 is 10.6 Å². The summed E-state index contributed by atoms with van der Waals surface area (Å²) in [6.07, 6.45) is 2.91. The molecule has 2 N–H and O–H groups in total. The molecule has 0 saturated heterocycles. The van der Waals surface area contributed by atoms with Gasteiger partial charge in [-0.1, -0.05) is 42.0 Å². The van der Waals surface area contributed by atoms with Crippen molar-refractivity contribution in [3.63, 3.8) is 0 Å². The van der Waals surface area contributed by atoms with E-state index in [4.69, 9.17) is 0 Å². The van der Waals surface area contributed by atoms with Crippen molar-refractivity contribution in [2.45, 2.75) is 27.3 Å². The minimum atomic E-state index is -0.297. The number of aryl methyl sites for hydroxylation is 2. The molecule has 5 heteroatoms. The average Bonchev–Trinajstić information content (AvgIpc) is 2.71. The van der Waals surface area contributed by atoms with Gasteiger partial charge in [0.15, 0.2) is 0 Å². The number of nitrogens with zero attached hydrogens (tertiary/aromatic N) is 1. The highest BCUT2D eigenvalue weighted by Gasteiger charge is 2.13. The zero-order chi connectivity index (χ0) is 20.1. The number of aromatic nitrogens is 1. The first-order valence-corrected chi connectivity index (χ1v) is 9.10. The fraction of sp³-hybridized carbons (Fsp3) is 0.174. The molecule has 0 saturated carbocycles. The molecule has 0 fully saturated rings. The van der Waals surface area contributed by atoms with Crippen LogP contribution in [-0.2, 0) is 6.54 Å². The van der Waals surface area contributed by atoms with Crippen LogP contribution in [0.3, 0.4) is 0 Å². The van der Waals surface area contributed by atoms with E-state index in [9.17, 15) is 9.59 Å². The van der Waals surface area contributed by atoms with Crippen LogP contribution in [0.2, 0.25) is 0 Å². The number of anilines is 1. The molecule has 0 bridgehead atoms. The third-order valence-electron chi connectivity index (χ3n) is 4.69. The third kappa shape index (κ3) is 4.62. The van der Waals surface area contributed by atoms with Gasteiger partial charge in [-0.05, 0) is 49.6 Å². The van der Waals surface area contributed by atoms with E-state index in [1.165, 1.54) is 18.0 Å². The van der Waals surface area contributed by atoms with E-state index in [1.54, 1.807) is 6.07 Å². The molecule has 3 rings (SSSR count). The van der Waals surface area contributed by atoms with Crippen molar-refractivity contribution in [3.8, 4) is 0 Å². The van der Waals surface area contributed by atoms with Crippen LogP contribution in [0, 0.1) is 20.8 Å². The van der Waals surface area contributed by atoms with Gasteiger partial charge in [-0.2, -0.15) is 0 Å². The van der Waals surface area contributed by atoms with Crippen LogP contribution >= 0.6 is 0 Å². The number of hydrogen-bond acceptors (Lipinski definition) is 3. The maximum atomic E-state index is 12.6. The summed E-state index contributed by atoms with van der Waals surface area (Å²) >= 11 is 0. The van der Waals surface area contributed by atoms with Crippen LogP contribution in [0.25, 0.3) is 0 Å². The number of rotatable bonds is 5. The molecule has 5 nitrogen and oxygen atoms in total. The van der Waals surface area contributed by atoms with Crippen LogP contribution in [0.15, 0.2) is 60.9 Å². The first-order chi connectivity index (χ1) is 13.4. The normalized spacial score (nSPS) is 10.4. The zero-order valence-corrected chi connectivity index (χ0v) is 16.2. The van der Waals surface area contributed by atoms with Gasteiger partial charge >= 0.3 is 0 Å².